The van der Waals surface area contributed by atoms with Gasteiger partial charge in [0, 0.05) is 11.1 Å². The molecule has 3 aromatic carbocycles. The van der Waals surface area contributed by atoms with Crippen LogP contribution in [0.4, 0.5) is 11.6 Å². The van der Waals surface area contributed by atoms with Crippen molar-refractivity contribution in [3.8, 4) is 28.3 Å². The fraction of sp³-hybridized carbons (Fsp3) is 0.0435. The van der Waals surface area contributed by atoms with E-state index in [1.165, 1.54) is 0 Å². The van der Waals surface area contributed by atoms with Crippen LogP contribution in [0.3, 0.4) is 0 Å². The summed E-state index contributed by atoms with van der Waals surface area (Å²) in [5.41, 5.74) is 4.39. The number of nitrogens with zero attached hydrogens (tertiary/aromatic N) is 2. The van der Waals surface area contributed by atoms with Gasteiger partial charge in [-0.1, -0.05) is 54.1 Å². The first kappa shape index (κ1) is 18.0. The first-order chi connectivity index (χ1) is 13.7. The standard InChI is InChI=1S/C23H18ClN3O/c1-28-18-13-11-17(12-14-18)22-15-21(16-7-3-2-4-8-16)26-23(27-22)25-20-10-6-5-9-19(20)24/h2-15H,1H3,(H,25,26,27). The molecule has 1 N–H and O–H groups in total. The smallest absolute Gasteiger partial charge is 0.228 e. The van der Waals surface area contributed by atoms with Gasteiger partial charge in [0.25, 0.3) is 0 Å². The van der Waals surface area contributed by atoms with E-state index in [2.05, 4.69) is 5.32 Å². The molecule has 0 radical (unpaired) electrons. The summed E-state index contributed by atoms with van der Waals surface area (Å²) in [5, 5.41) is 3.85. The predicted octanol–water partition coefficient (Wildman–Crippen LogP) is 6.22. The van der Waals surface area contributed by atoms with E-state index >= 15 is 0 Å². The first-order valence-corrected chi connectivity index (χ1v) is 9.21. The number of hydrogen-bond donors (Lipinski definition) is 1. The van der Waals surface area contributed by atoms with Crippen molar-refractivity contribution in [2.75, 3.05) is 12.4 Å². The third kappa shape index (κ3) is 3.97. The summed E-state index contributed by atoms with van der Waals surface area (Å²) < 4.78 is 5.25. The second-order valence-corrected chi connectivity index (χ2v) is 6.57. The average molecular weight is 388 g/mol. The molecule has 0 aliphatic carbocycles. The lowest BCUT2D eigenvalue weighted by molar-refractivity contribution is 0.415. The van der Waals surface area contributed by atoms with Crippen molar-refractivity contribution in [3.05, 3.63) is 90.0 Å². The van der Waals surface area contributed by atoms with E-state index in [1.807, 2.05) is 84.9 Å². The van der Waals surface area contributed by atoms with Crippen molar-refractivity contribution in [3.63, 3.8) is 0 Å². The molecule has 4 nitrogen and oxygen atoms in total. The highest BCUT2D eigenvalue weighted by Crippen LogP contribution is 2.29. The number of para-hydroxylation sites is 1. The first-order valence-electron chi connectivity index (χ1n) is 8.83. The molecule has 0 saturated carbocycles. The molecule has 1 aromatic heterocycles. The van der Waals surface area contributed by atoms with Crippen LogP contribution in [-0.4, -0.2) is 17.1 Å². The van der Waals surface area contributed by atoms with Crippen LogP contribution in [-0.2, 0) is 0 Å². The Morgan fingerprint density at radius 2 is 1.36 bits per heavy atom. The molecule has 0 spiro atoms. The Balaban J connectivity index is 1.79. The minimum atomic E-state index is 0.486. The zero-order valence-corrected chi connectivity index (χ0v) is 16.0. The minimum Gasteiger partial charge on any atom is -0.497 e. The van der Waals surface area contributed by atoms with Gasteiger partial charge in [-0.25, -0.2) is 9.97 Å². The van der Waals surface area contributed by atoms with Crippen molar-refractivity contribution in [1.29, 1.82) is 0 Å². The molecule has 4 rings (SSSR count). The lowest BCUT2D eigenvalue weighted by Crippen LogP contribution is -2.00. The molecular weight excluding hydrogens is 370 g/mol. The van der Waals surface area contributed by atoms with Crippen LogP contribution in [0, 0.1) is 0 Å². The Bertz CT molecular complexity index is 1080. The highest BCUT2D eigenvalue weighted by atomic mass is 35.5. The number of methoxy groups -OCH3 is 1. The van der Waals surface area contributed by atoms with Gasteiger partial charge in [-0.2, -0.15) is 0 Å². The number of nitrogens with one attached hydrogen (secondary N) is 1. The van der Waals surface area contributed by atoms with Crippen LogP contribution in [0.25, 0.3) is 22.5 Å². The van der Waals surface area contributed by atoms with Crippen molar-refractivity contribution < 1.29 is 4.74 Å². The summed E-state index contributed by atoms with van der Waals surface area (Å²) >= 11 is 6.29. The number of ether oxygens (including phenoxy) is 1. The Morgan fingerprint density at radius 3 is 2.00 bits per heavy atom. The monoisotopic (exact) mass is 387 g/mol. The molecule has 0 amide bonds. The van der Waals surface area contributed by atoms with E-state index in [4.69, 9.17) is 26.3 Å². The molecule has 4 aromatic rings. The van der Waals surface area contributed by atoms with Gasteiger partial charge in [0.15, 0.2) is 0 Å². The maximum atomic E-state index is 6.29. The molecule has 0 aliphatic heterocycles. The summed E-state index contributed by atoms with van der Waals surface area (Å²) in [6, 6.07) is 27.3. The lowest BCUT2D eigenvalue weighted by Gasteiger charge is -2.11. The zero-order valence-electron chi connectivity index (χ0n) is 15.3. The van der Waals surface area contributed by atoms with Crippen molar-refractivity contribution in [2.45, 2.75) is 0 Å². The van der Waals surface area contributed by atoms with Gasteiger partial charge < -0.3 is 10.1 Å². The number of aromatic nitrogens is 2. The number of hydrogen-bond acceptors (Lipinski definition) is 4. The Morgan fingerprint density at radius 1 is 0.750 bits per heavy atom. The Labute approximate surface area is 168 Å². The van der Waals surface area contributed by atoms with Crippen molar-refractivity contribution in [2.24, 2.45) is 0 Å². The van der Waals surface area contributed by atoms with Crippen LogP contribution < -0.4 is 10.1 Å². The van der Waals surface area contributed by atoms with E-state index in [0.29, 0.717) is 11.0 Å². The number of anilines is 2. The number of benzene rings is 3. The van der Waals surface area contributed by atoms with Crippen LogP contribution in [0.5, 0.6) is 5.75 Å². The highest BCUT2D eigenvalue weighted by molar-refractivity contribution is 6.33. The molecule has 28 heavy (non-hydrogen) atoms. The number of halogens is 1. The number of rotatable bonds is 5. The van der Waals surface area contributed by atoms with Gasteiger partial charge in [0.05, 0.1) is 29.2 Å². The van der Waals surface area contributed by atoms with Gasteiger partial charge in [0.2, 0.25) is 5.95 Å². The molecule has 1 heterocycles. The zero-order chi connectivity index (χ0) is 19.3. The van der Waals surface area contributed by atoms with Crippen molar-refractivity contribution in [1.82, 2.24) is 9.97 Å². The molecule has 5 heteroatoms. The van der Waals surface area contributed by atoms with E-state index in [0.717, 1.165) is 34.0 Å². The molecule has 0 unspecified atom stereocenters. The predicted molar refractivity (Wildman–Crippen MR) is 114 cm³/mol. The maximum absolute atomic E-state index is 6.29. The quantitative estimate of drug-likeness (QED) is 0.441. The van der Waals surface area contributed by atoms with E-state index in [1.54, 1.807) is 7.11 Å². The van der Waals surface area contributed by atoms with E-state index in [9.17, 15) is 0 Å². The van der Waals surface area contributed by atoms with Crippen LogP contribution >= 0.6 is 11.6 Å². The summed E-state index contributed by atoms with van der Waals surface area (Å²) in [4.78, 5) is 9.39. The molecule has 0 bridgehead atoms. The SMILES string of the molecule is COc1ccc(-c2cc(-c3ccccc3)nc(Nc3ccccc3Cl)n2)cc1. The molecule has 0 saturated heterocycles. The summed E-state index contributed by atoms with van der Waals surface area (Å²) in [5.74, 6) is 1.29. The Kier molecular flexibility index (Phi) is 5.22. The molecule has 0 fully saturated rings. The third-order valence-corrected chi connectivity index (χ3v) is 4.63. The second kappa shape index (κ2) is 8.11. The highest BCUT2D eigenvalue weighted by Gasteiger charge is 2.10. The van der Waals surface area contributed by atoms with Gasteiger partial charge in [-0.15, -0.1) is 0 Å². The maximum Gasteiger partial charge on any atom is 0.228 e. The fourth-order valence-electron chi connectivity index (χ4n) is 2.85. The van der Waals surface area contributed by atoms with Gasteiger partial charge in [-0.3, -0.25) is 0 Å². The average Bonchev–Trinajstić information content (AvgIpc) is 2.76. The fourth-order valence-corrected chi connectivity index (χ4v) is 3.04. The molecule has 0 atom stereocenters. The molecule has 138 valence electrons. The van der Waals surface area contributed by atoms with Gasteiger partial charge in [0.1, 0.15) is 5.75 Å². The minimum absolute atomic E-state index is 0.486. The van der Waals surface area contributed by atoms with Crippen LogP contribution in [0.2, 0.25) is 5.02 Å². The largest absolute Gasteiger partial charge is 0.497 e. The van der Waals surface area contributed by atoms with E-state index in [-0.39, 0.29) is 0 Å². The topological polar surface area (TPSA) is 47.0 Å². The van der Waals surface area contributed by atoms with E-state index < -0.39 is 0 Å². The normalized spacial score (nSPS) is 10.5. The lowest BCUT2D eigenvalue weighted by atomic mass is 10.1. The third-order valence-electron chi connectivity index (χ3n) is 4.30. The Hall–Kier alpha value is -3.37. The summed E-state index contributed by atoms with van der Waals surface area (Å²) in [6.45, 7) is 0. The van der Waals surface area contributed by atoms with Crippen LogP contribution in [0.1, 0.15) is 0 Å². The van der Waals surface area contributed by atoms with Gasteiger partial charge >= 0.3 is 0 Å². The summed E-state index contributed by atoms with van der Waals surface area (Å²) in [7, 11) is 1.65. The van der Waals surface area contributed by atoms with Crippen LogP contribution in [0.15, 0.2) is 84.9 Å². The second-order valence-electron chi connectivity index (χ2n) is 6.16. The van der Waals surface area contributed by atoms with Gasteiger partial charge in [-0.05, 0) is 42.5 Å². The van der Waals surface area contributed by atoms with Crippen molar-refractivity contribution >= 4 is 23.2 Å². The molecular formula is C23H18ClN3O. The molecule has 0 aliphatic rings. The summed E-state index contributed by atoms with van der Waals surface area (Å²) in [6.07, 6.45) is 0.